The van der Waals surface area contributed by atoms with E-state index in [1.54, 1.807) is 11.8 Å². The molecule has 25 heavy (non-hydrogen) atoms. The summed E-state index contributed by atoms with van der Waals surface area (Å²) in [6.45, 7) is 0. The van der Waals surface area contributed by atoms with Crippen molar-refractivity contribution in [1.82, 2.24) is 0 Å². The van der Waals surface area contributed by atoms with E-state index in [1.807, 2.05) is 36.6 Å². The largest absolute Gasteiger partial charge is 0.440 e. The van der Waals surface area contributed by atoms with Gasteiger partial charge in [-0.15, -0.1) is 11.8 Å². The number of thioether (sulfide) groups is 1. The Morgan fingerprint density at radius 3 is 2.52 bits per heavy atom. The standard InChI is InChI=1S/C21H16N2OS/c1-25-15-9-6-14(7-10-15)19-17-11-8-13-4-2-3-5-16(13)20(17)24-21(23)18(19)12-22/h2-11,19H,23H2,1H3. The molecular formula is C21H16N2OS. The van der Waals surface area contributed by atoms with Crippen molar-refractivity contribution < 1.29 is 4.74 Å². The highest BCUT2D eigenvalue weighted by molar-refractivity contribution is 7.98. The second-order valence-electron chi connectivity index (χ2n) is 5.90. The molecule has 3 aromatic carbocycles. The van der Waals surface area contributed by atoms with Crippen molar-refractivity contribution in [3.63, 3.8) is 0 Å². The number of allylic oxidation sites excluding steroid dienone is 1. The van der Waals surface area contributed by atoms with Crippen molar-refractivity contribution in [2.45, 2.75) is 10.8 Å². The Morgan fingerprint density at radius 1 is 1.04 bits per heavy atom. The first-order valence-corrected chi connectivity index (χ1v) is 9.18. The van der Waals surface area contributed by atoms with Crippen molar-refractivity contribution in [3.8, 4) is 11.8 Å². The van der Waals surface area contributed by atoms with Gasteiger partial charge in [-0.2, -0.15) is 5.26 Å². The normalized spacial score (nSPS) is 16.2. The molecule has 0 radical (unpaired) electrons. The highest BCUT2D eigenvalue weighted by atomic mass is 32.2. The lowest BCUT2D eigenvalue weighted by Crippen LogP contribution is -2.21. The highest BCUT2D eigenvalue weighted by Gasteiger charge is 2.31. The molecule has 0 amide bonds. The van der Waals surface area contributed by atoms with Crippen LogP contribution >= 0.6 is 11.8 Å². The molecule has 0 bridgehead atoms. The maximum atomic E-state index is 9.66. The number of hydrogen-bond donors (Lipinski definition) is 1. The third kappa shape index (κ3) is 2.54. The molecule has 3 nitrogen and oxygen atoms in total. The maximum absolute atomic E-state index is 9.66. The van der Waals surface area contributed by atoms with Crippen LogP contribution in [-0.4, -0.2) is 6.26 Å². The first kappa shape index (κ1) is 15.6. The summed E-state index contributed by atoms with van der Waals surface area (Å²) >= 11 is 1.69. The fourth-order valence-corrected chi connectivity index (χ4v) is 3.73. The fourth-order valence-electron chi connectivity index (χ4n) is 3.33. The zero-order chi connectivity index (χ0) is 17.4. The van der Waals surface area contributed by atoms with Gasteiger partial charge in [-0.3, -0.25) is 0 Å². The molecule has 3 aromatic rings. The average Bonchev–Trinajstić information content (AvgIpc) is 2.67. The van der Waals surface area contributed by atoms with Crippen LogP contribution in [0.25, 0.3) is 10.8 Å². The second kappa shape index (κ2) is 6.19. The van der Waals surface area contributed by atoms with Gasteiger partial charge in [-0.25, -0.2) is 0 Å². The quantitative estimate of drug-likeness (QED) is 0.680. The summed E-state index contributed by atoms with van der Waals surface area (Å²) in [6, 6.07) is 22.7. The van der Waals surface area contributed by atoms with Gasteiger partial charge in [-0.1, -0.05) is 48.5 Å². The number of fused-ring (bicyclic) bond motifs is 3. The van der Waals surface area contributed by atoms with Crippen molar-refractivity contribution in [1.29, 1.82) is 5.26 Å². The van der Waals surface area contributed by atoms with E-state index >= 15 is 0 Å². The van der Waals surface area contributed by atoms with Crippen LogP contribution in [0.2, 0.25) is 0 Å². The van der Waals surface area contributed by atoms with Gasteiger partial charge in [0.1, 0.15) is 17.4 Å². The maximum Gasteiger partial charge on any atom is 0.205 e. The smallest absolute Gasteiger partial charge is 0.205 e. The molecule has 0 saturated carbocycles. The van der Waals surface area contributed by atoms with Crippen LogP contribution in [0.5, 0.6) is 5.75 Å². The summed E-state index contributed by atoms with van der Waals surface area (Å²) < 4.78 is 5.88. The summed E-state index contributed by atoms with van der Waals surface area (Å²) in [5.74, 6) is 0.716. The minimum atomic E-state index is -0.214. The van der Waals surface area contributed by atoms with Crippen LogP contribution in [0.3, 0.4) is 0 Å². The summed E-state index contributed by atoms with van der Waals surface area (Å²) in [4.78, 5) is 1.19. The Bertz CT molecular complexity index is 1030. The molecule has 2 N–H and O–H groups in total. The average molecular weight is 344 g/mol. The first-order valence-electron chi connectivity index (χ1n) is 7.96. The molecular weight excluding hydrogens is 328 g/mol. The van der Waals surface area contributed by atoms with E-state index in [1.165, 1.54) is 4.90 Å². The van der Waals surface area contributed by atoms with Crippen molar-refractivity contribution in [3.05, 3.63) is 83.2 Å². The van der Waals surface area contributed by atoms with E-state index in [-0.39, 0.29) is 11.8 Å². The number of ether oxygens (including phenoxy) is 1. The van der Waals surface area contributed by atoms with Crippen LogP contribution < -0.4 is 10.5 Å². The summed E-state index contributed by atoms with van der Waals surface area (Å²) in [5, 5.41) is 11.8. The molecule has 4 rings (SSSR count). The molecule has 122 valence electrons. The number of rotatable bonds is 2. The minimum Gasteiger partial charge on any atom is -0.440 e. The summed E-state index contributed by atoms with van der Waals surface area (Å²) in [5.41, 5.74) is 8.58. The van der Waals surface area contributed by atoms with Crippen LogP contribution in [0.1, 0.15) is 17.0 Å². The molecule has 0 aromatic heterocycles. The van der Waals surface area contributed by atoms with Crippen LogP contribution in [-0.2, 0) is 0 Å². The number of nitrogens with two attached hydrogens (primary N) is 1. The van der Waals surface area contributed by atoms with E-state index in [9.17, 15) is 5.26 Å². The van der Waals surface area contributed by atoms with E-state index < -0.39 is 0 Å². The van der Waals surface area contributed by atoms with Gasteiger partial charge in [-0.05, 0) is 29.3 Å². The summed E-state index contributed by atoms with van der Waals surface area (Å²) in [7, 11) is 0. The third-order valence-corrected chi connectivity index (χ3v) is 5.30. The lowest BCUT2D eigenvalue weighted by Gasteiger charge is -2.27. The Labute approximate surface area is 150 Å². The van der Waals surface area contributed by atoms with E-state index in [4.69, 9.17) is 10.5 Å². The molecule has 1 aliphatic heterocycles. The van der Waals surface area contributed by atoms with E-state index in [0.717, 1.165) is 27.6 Å². The molecule has 1 heterocycles. The molecule has 1 atom stereocenters. The molecule has 4 heteroatoms. The van der Waals surface area contributed by atoms with Crippen LogP contribution in [0.4, 0.5) is 0 Å². The van der Waals surface area contributed by atoms with Gasteiger partial charge in [0, 0.05) is 15.8 Å². The van der Waals surface area contributed by atoms with Gasteiger partial charge in [0.05, 0.1) is 5.92 Å². The van der Waals surface area contributed by atoms with Gasteiger partial charge in [0.2, 0.25) is 5.88 Å². The zero-order valence-corrected chi connectivity index (χ0v) is 14.5. The highest BCUT2D eigenvalue weighted by Crippen LogP contribution is 2.45. The molecule has 1 aliphatic rings. The molecule has 0 saturated heterocycles. The van der Waals surface area contributed by atoms with Gasteiger partial charge in [0.25, 0.3) is 0 Å². The predicted molar refractivity (Wildman–Crippen MR) is 101 cm³/mol. The third-order valence-electron chi connectivity index (χ3n) is 4.56. The summed E-state index contributed by atoms with van der Waals surface area (Å²) in [6.07, 6.45) is 2.05. The Morgan fingerprint density at radius 2 is 1.80 bits per heavy atom. The Hall–Kier alpha value is -2.90. The zero-order valence-electron chi connectivity index (χ0n) is 13.7. The molecule has 0 aliphatic carbocycles. The molecule has 0 spiro atoms. The topological polar surface area (TPSA) is 59.0 Å². The lowest BCUT2D eigenvalue weighted by molar-refractivity contribution is 0.398. The Kier molecular flexibility index (Phi) is 3.87. The van der Waals surface area contributed by atoms with Gasteiger partial charge >= 0.3 is 0 Å². The van der Waals surface area contributed by atoms with Gasteiger partial charge < -0.3 is 10.5 Å². The second-order valence-corrected chi connectivity index (χ2v) is 6.78. The number of benzene rings is 3. The van der Waals surface area contributed by atoms with E-state index in [2.05, 4.69) is 36.4 Å². The number of nitrogens with zero attached hydrogens (tertiary/aromatic N) is 1. The van der Waals surface area contributed by atoms with E-state index in [0.29, 0.717) is 5.57 Å². The monoisotopic (exact) mass is 344 g/mol. The number of hydrogen-bond acceptors (Lipinski definition) is 4. The molecule has 0 fully saturated rings. The van der Waals surface area contributed by atoms with Crippen LogP contribution in [0, 0.1) is 11.3 Å². The lowest BCUT2D eigenvalue weighted by atomic mass is 9.82. The predicted octanol–water partition coefficient (Wildman–Crippen LogP) is 4.78. The van der Waals surface area contributed by atoms with Crippen molar-refractivity contribution in [2.75, 3.05) is 6.26 Å². The Balaban J connectivity index is 1.96. The number of nitriles is 1. The fraction of sp³-hybridized carbons (Fsp3) is 0.0952. The minimum absolute atomic E-state index is 0.185. The van der Waals surface area contributed by atoms with Gasteiger partial charge in [0.15, 0.2) is 0 Å². The molecule has 1 unspecified atom stereocenters. The van der Waals surface area contributed by atoms with Crippen molar-refractivity contribution in [2.24, 2.45) is 5.73 Å². The first-order chi connectivity index (χ1) is 12.2. The van der Waals surface area contributed by atoms with Crippen molar-refractivity contribution >= 4 is 22.5 Å². The van der Waals surface area contributed by atoms with Crippen LogP contribution in [0.15, 0.2) is 77.0 Å². The SMILES string of the molecule is CSc1ccc(C2C(C#N)=C(N)Oc3c2ccc2ccccc32)cc1.